The van der Waals surface area contributed by atoms with Gasteiger partial charge in [-0.25, -0.2) is 0 Å². The topological polar surface area (TPSA) is 21.3 Å². The molecule has 1 heterocycles. The summed E-state index contributed by atoms with van der Waals surface area (Å²) in [6.07, 6.45) is 2.95. The maximum Gasteiger partial charge on any atom is 0.127 e. The number of benzene rings is 2. The molecule has 1 fully saturated rings. The summed E-state index contributed by atoms with van der Waals surface area (Å²) in [7, 11) is 1.91. The molecule has 0 aromatic heterocycles. The van der Waals surface area contributed by atoms with E-state index >= 15 is 0 Å². The third kappa shape index (κ3) is 1.97. The molecule has 20 heavy (non-hydrogen) atoms. The Kier molecular flexibility index (Phi) is 3.46. The van der Waals surface area contributed by atoms with Gasteiger partial charge in [-0.2, -0.15) is 0 Å². The summed E-state index contributed by atoms with van der Waals surface area (Å²) in [5.41, 5.74) is 2.39. The third-order valence-corrected chi connectivity index (χ3v) is 3.96. The molecular formula is C18H19NO. The normalized spacial score (nSPS) is 18.8. The lowest BCUT2D eigenvalue weighted by molar-refractivity contribution is 0.256. The highest BCUT2D eigenvalue weighted by Crippen LogP contribution is 2.46. The lowest BCUT2D eigenvalue weighted by Crippen LogP contribution is -2.27. The molecule has 0 aliphatic carbocycles. The van der Waals surface area contributed by atoms with Gasteiger partial charge in [0.15, 0.2) is 0 Å². The van der Waals surface area contributed by atoms with Crippen LogP contribution in [0.15, 0.2) is 72.6 Å². The number of allylic oxidation sites excluding steroid dienone is 1. The minimum Gasteiger partial charge on any atom is -0.495 e. The summed E-state index contributed by atoms with van der Waals surface area (Å²) < 4.78 is 5.92. The van der Waals surface area contributed by atoms with Crippen LogP contribution in [0, 0.1) is 0 Å². The van der Waals surface area contributed by atoms with Crippen LogP contribution in [0.5, 0.6) is 0 Å². The minimum atomic E-state index is -0.175. The van der Waals surface area contributed by atoms with Gasteiger partial charge in [-0.3, -0.25) is 0 Å². The zero-order valence-corrected chi connectivity index (χ0v) is 11.7. The van der Waals surface area contributed by atoms with E-state index in [2.05, 4.69) is 66.0 Å². The van der Waals surface area contributed by atoms with Crippen molar-refractivity contribution in [3.63, 3.8) is 0 Å². The average molecular weight is 265 g/mol. The summed E-state index contributed by atoms with van der Waals surface area (Å²) in [6, 6.07) is 21.2. The van der Waals surface area contributed by atoms with E-state index in [1.165, 1.54) is 11.1 Å². The molecule has 102 valence electrons. The Morgan fingerprint density at radius 3 is 2.00 bits per heavy atom. The highest BCUT2D eigenvalue weighted by molar-refractivity contribution is 5.48. The maximum atomic E-state index is 5.92. The molecule has 0 atom stereocenters. The van der Waals surface area contributed by atoms with Crippen molar-refractivity contribution in [1.29, 1.82) is 0 Å². The molecule has 1 aliphatic rings. The molecule has 0 saturated carbocycles. The van der Waals surface area contributed by atoms with Gasteiger partial charge in [0.2, 0.25) is 0 Å². The van der Waals surface area contributed by atoms with E-state index in [4.69, 9.17) is 4.74 Å². The van der Waals surface area contributed by atoms with Crippen molar-refractivity contribution in [3.8, 4) is 0 Å². The van der Waals surface area contributed by atoms with Crippen molar-refractivity contribution in [2.75, 3.05) is 13.7 Å². The zero-order valence-electron chi connectivity index (χ0n) is 11.7. The van der Waals surface area contributed by atoms with Gasteiger partial charge in [-0.05, 0) is 11.1 Å². The summed E-state index contributed by atoms with van der Waals surface area (Å²) in [6.45, 7) is 0.747. The number of hydrogen-bond donors (Lipinski definition) is 1. The van der Waals surface area contributed by atoms with Crippen LogP contribution in [0.1, 0.15) is 17.5 Å². The molecule has 2 aromatic carbocycles. The Hall–Kier alpha value is -2.22. The fourth-order valence-electron chi connectivity index (χ4n) is 3.04. The van der Waals surface area contributed by atoms with Crippen LogP contribution in [-0.2, 0) is 10.2 Å². The quantitative estimate of drug-likeness (QED) is 0.917. The largest absolute Gasteiger partial charge is 0.495 e. The van der Waals surface area contributed by atoms with Gasteiger partial charge >= 0.3 is 0 Å². The van der Waals surface area contributed by atoms with Crippen molar-refractivity contribution in [3.05, 3.63) is 83.7 Å². The predicted octanol–water partition coefficient (Wildman–Crippen LogP) is 3.45. The van der Waals surface area contributed by atoms with Crippen LogP contribution >= 0.6 is 0 Å². The van der Waals surface area contributed by atoms with Gasteiger partial charge in [-0.15, -0.1) is 0 Å². The fourth-order valence-corrected chi connectivity index (χ4v) is 3.04. The van der Waals surface area contributed by atoms with Crippen molar-refractivity contribution >= 4 is 0 Å². The van der Waals surface area contributed by atoms with Crippen LogP contribution in [0.2, 0.25) is 0 Å². The third-order valence-electron chi connectivity index (χ3n) is 3.96. The van der Waals surface area contributed by atoms with Gasteiger partial charge in [0.25, 0.3) is 0 Å². The molecule has 0 amide bonds. The first kappa shape index (κ1) is 12.8. The molecular weight excluding hydrogens is 246 g/mol. The van der Waals surface area contributed by atoms with Crippen molar-refractivity contribution < 1.29 is 4.74 Å². The molecule has 2 nitrogen and oxygen atoms in total. The standard InChI is InChI=1S/C18H19NO/c1-19-14-17-18(12-13-20-17,15-8-4-2-5-9-15)16-10-6-3-7-11-16/h2-11,14,19H,12-13H2,1H3. The fraction of sp³-hybridized carbons (Fsp3) is 0.222. The molecule has 1 saturated heterocycles. The smallest absolute Gasteiger partial charge is 0.127 e. The number of hydrogen-bond acceptors (Lipinski definition) is 2. The van der Waals surface area contributed by atoms with E-state index in [-0.39, 0.29) is 5.41 Å². The van der Waals surface area contributed by atoms with E-state index in [1.807, 2.05) is 13.2 Å². The Balaban J connectivity index is 2.21. The molecule has 2 aromatic rings. The first-order valence-electron chi connectivity index (χ1n) is 7.00. The first-order chi connectivity index (χ1) is 9.88. The highest BCUT2D eigenvalue weighted by Gasteiger charge is 2.43. The average Bonchev–Trinajstić information content (AvgIpc) is 2.94. The molecule has 0 spiro atoms. The monoisotopic (exact) mass is 265 g/mol. The Morgan fingerprint density at radius 1 is 0.950 bits per heavy atom. The molecule has 1 aliphatic heterocycles. The Morgan fingerprint density at radius 2 is 1.50 bits per heavy atom. The second-order valence-electron chi connectivity index (χ2n) is 5.03. The second-order valence-corrected chi connectivity index (χ2v) is 5.03. The number of nitrogens with one attached hydrogen (secondary N) is 1. The van der Waals surface area contributed by atoms with Crippen LogP contribution in [0.4, 0.5) is 0 Å². The van der Waals surface area contributed by atoms with Gasteiger partial charge in [0, 0.05) is 19.7 Å². The second kappa shape index (κ2) is 5.41. The summed E-state index contributed by atoms with van der Waals surface area (Å²) >= 11 is 0. The molecule has 1 N–H and O–H groups in total. The summed E-state index contributed by atoms with van der Waals surface area (Å²) in [4.78, 5) is 0. The first-order valence-corrected chi connectivity index (χ1v) is 7.00. The molecule has 0 unspecified atom stereocenters. The molecule has 0 bridgehead atoms. The predicted molar refractivity (Wildman–Crippen MR) is 81.4 cm³/mol. The molecule has 0 radical (unpaired) electrons. The van der Waals surface area contributed by atoms with E-state index in [9.17, 15) is 0 Å². The van der Waals surface area contributed by atoms with Crippen LogP contribution in [0.25, 0.3) is 0 Å². The van der Waals surface area contributed by atoms with E-state index < -0.39 is 0 Å². The van der Waals surface area contributed by atoms with Gasteiger partial charge in [-0.1, -0.05) is 60.7 Å². The van der Waals surface area contributed by atoms with Gasteiger partial charge < -0.3 is 10.1 Å². The van der Waals surface area contributed by atoms with Crippen LogP contribution in [-0.4, -0.2) is 13.7 Å². The maximum absolute atomic E-state index is 5.92. The number of ether oxygens (including phenoxy) is 1. The van der Waals surface area contributed by atoms with Crippen molar-refractivity contribution in [2.24, 2.45) is 0 Å². The van der Waals surface area contributed by atoms with Gasteiger partial charge in [0.1, 0.15) is 5.76 Å². The number of rotatable bonds is 3. The minimum absolute atomic E-state index is 0.175. The zero-order chi connectivity index (χ0) is 13.8. The Bertz CT molecular complexity index is 550. The van der Waals surface area contributed by atoms with Crippen LogP contribution < -0.4 is 5.32 Å². The summed E-state index contributed by atoms with van der Waals surface area (Å²) in [5.74, 6) is 0.998. The highest BCUT2D eigenvalue weighted by atomic mass is 16.5. The van der Waals surface area contributed by atoms with E-state index in [1.54, 1.807) is 0 Å². The van der Waals surface area contributed by atoms with Crippen LogP contribution in [0.3, 0.4) is 0 Å². The Labute approximate surface area is 120 Å². The summed E-state index contributed by atoms with van der Waals surface area (Å²) in [5, 5.41) is 3.12. The molecule has 3 rings (SSSR count). The molecule has 2 heteroatoms. The van der Waals surface area contributed by atoms with Crippen molar-refractivity contribution in [2.45, 2.75) is 11.8 Å². The van der Waals surface area contributed by atoms with Gasteiger partial charge in [0.05, 0.1) is 12.0 Å². The lowest BCUT2D eigenvalue weighted by Gasteiger charge is -2.30. The lowest BCUT2D eigenvalue weighted by atomic mass is 9.72. The SMILES string of the molecule is CNC=C1OCCC1(c1ccccc1)c1ccccc1. The van der Waals surface area contributed by atoms with E-state index in [0.29, 0.717) is 0 Å². The van der Waals surface area contributed by atoms with E-state index in [0.717, 1.165) is 18.8 Å². The van der Waals surface area contributed by atoms with Crippen molar-refractivity contribution in [1.82, 2.24) is 5.32 Å².